The average molecular weight is 248 g/mol. The topological polar surface area (TPSA) is 52.6 Å². The Labute approximate surface area is 106 Å². The molecule has 1 fully saturated rings. The lowest BCUT2D eigenvalue weighted by atomic mass is 9.64. The van der Waals surface area contributed by atoms with Gasteiger partial charge in [-0.05, 0) is 37.1 Å². The van der Waals surface area contributed by atoms with Gasteiger partial charge in [0.2, 0.25) is 0 Å². The molecular weight excluding hydrogens is 232 g/mol. The number of carbonyl (C=O) groups is 2. The van der Waals surface area contributed by atoms with Crippen molar-refractivity contribution in [2.24, 2.45) is 5.41 Å². The number of methoxy groups -OCH3 is 2. The van der Waals surface area contributed by atoms with Crippen molar-refractivity contribution in [3.8, 4) is 5.75 Å². The summed E-state index contributed by atoms with van der Waals surface area (Å²) in [6, 6.07) is 6.81. The van der Waals surface area contributed by atoms with E-state index in [1.165, 1.54) is 7.11 Å². The molecule has 0 aromatic heterocycles. The van der Waals surface area contributed by atoms with Gasteiger partial charge in [0.05, 0.1) is 14.2 Å². The van der Waals surface area contributed by atoms with Gasteiger partial charge in [-0.3, -0.25) is 9.59 Å². The molecular formula is C14H16O4. The highest BCUT2D eigenvalue weighted by atomic mass is 16.5. The molecule has 0 atom stereocenters. The maximum absolute atomic E-state index is 12.4. The average Bonchev–Trinajstić information content (AvgIpc) is 2.37. The van der Waals surface area contributed by atoms with E-state index in [4.69, 9.17) is 9.47 Å². The molecule has 0 radical (unpaired) electrons. The minimum Gasteiger partial charge on any atom is -0.497 e. The molecule has 1 aliphatic rings. The second kappa shape index (κ2) is 4.80. The largest absolute Gasteiger partial charge is 0.497 e. The van der Waals surface area contributed by atoms with Crippen LogP contribution in [0.2, 0.25) is 0 Å². The zero-order valence-corrected chi connectivity index (χ0v) is 10.6. The quantitative estimate of drug-likeness (QED) is 0.466. The molecule has 0 saturated heterocycles. The molecule has 96 valence electrons. The Morgan fingerprint density at radius 2 is 1.72 bits per heavy atom. The molecule has 0 unspecified atom stereocenters. The normalized spacial score (nSPS) is 16.6. The van der Waals surface area contributed by atoms with E-state index < -0.39 is 11.4 Å². The molecule has 4 heteroatoms. The van der Waals surface area contributed by atoms with Crippen molar-refractivity contribution < 1.29 is 19.1 Å². The maximum Gasteiger partial charge on any atom is 0.319 e. The first-order valence-electron chi connectivity index (χ1n) is 5.91. The van der Waals surface area contributed by atoms with Crippen molar-refractivity contribution in [3.63, 3.8) is 0 Å². The molecule has 0 heterocycles. The van der Waals surface area contributed by atoms with E-state index in [0.717, 1.165) is 6.42 Å². The van der Waals surface area contributed by atoms with Crippen LogP contribution < -0.4 is 4.74 Å². The lowest BCUT2D eigenvalue weighted by Gasteiger charge is -2.37. The van der Waals surface area contributed by atoms with Gasteiger partial charge in [0, 0.05) is 5.56 Å². The number of rotatable bonds is 4. The number of hydrogen-bond donors (Lipinski definition) is 0. The van der Waals surface area contributed by atoms with Crippen molar-refractivity contribution >= 4 is 11.8 Å². The highest BCUT2D eigenvalue weighted by molar-refractivity contribution is 6.13. The van der Waals surface area contributed by atoms with Crippen LogP contribution in [0.4, 0.5) is 0 Å². The lowest BCUT2D eigenvalue weighted by molar-refractivity contribution is -0.153. The van der Waals surface area contributed by atoms with Crippen LogP contribution in [0.5, 0.6) is 5.75 Å². The van der Waals surface area contributed by atoms with Crippen LogP contribution >= 0.6 is 0 Å². The molecule has 1 aromatic rings. The molecule has 0 spiro atoms. The summed E-state index contributed by atoms with van der Waals surface area (Å²) < 4.78 is 9.80. The van der Waals surface area contributed by atoms with Gasteiger partial charge < -0.3 is 9.47 Å². The first kappa shape index (κ1) is 12.6. The van der Waals surface area contributed by atoms with E-state index in [0.29, 0.717) is 24.2 Å². The van der Waals surface area contributed by atoms with Gasteiger partial charge in [0.15, 0.2) is 5.78 Å². The lowest BCUT2D eigenvalue weighted by Crippen LogP contribution is -2.45. The summed E-state index contributed by atoms with van der Waals surface area (Å²) in [5.74, 6) is 0.116. The third-order valence-electron chi connectivity index (χ3n) is 3.57. The number of ether oxygens (including phenoxy) is 2. The summed E-state index contributed by atoms with van der Waals surface area (Å²) in [6.45, 7) is 0. The molecule has 0 amide bonds. The number of esters is 1. The Kier molecular flexibility index (Phi) is 3.36. The molecule has 0 aliphatic heterocycles. The minimum absolute atomic E-state index is 0.150. The Morgan fingerprint density at radius 1 is 1.11 bits per heavy atom. The zero-order valence-electron chi connectivity index (χ0n) is 10.6. The summed E-state index contributed by atoms with van der Waals surface area (Å²) in [6.07, 6.45) is 2.03. The first-order chi connectivity index (χ1) is 8.64. The van der Waals surface area contributed by atoms with Crippen LogP contribution in [0, 0.1) is 5.41 Å². The van der Waals surface area contributed by atoms with E-state index in [2.05, 4.69) is 0 Å². The molecule has 0 N–H and O–H groups in total. The first-order valence-corrected chi connectivity index (χ1v) is 5.91. The van der Waals surface area contributed by atoms with Crippen LogP contribution in [0.25, 0.3) is 0 Å². The fourth-order valence-electron chi connectivity index (χ4n) is 2.27. The standard InChI is InChI=1S/C14H16O4/c1-17-11-6-4-10(5-7-11)12(15)14(8-3-9-14)13(16)18-2/h4-7H,3,8-9H2,1-2H3. The Hall–Kier alpha value is -1.84. The monoisotopic (exact) mass is 248 g/mol. The summed E-state index contributed by atoms with van der Waals surface area (Å²) >= 11 is 0. The van der Waals surface area contributed by atoms with Gasteiger partial charge in [0.25, 0.3) is 0 Å². The van der Waals surface area contributed by atoms with Crippen LogP contribution in [0.1, 0.15) is 29.6 Å². The van der Waals surface area contributed by atoms with Crippen molar-refractivity contribution in [1.82, 2.24) is 0 Å². The Balaban J connectivity index is 2.26. The van der Waals surface area contributed by atoms with E-state index in [1.807, 2.05) is 0 Å². The van der Waals surface area contributed by atoms with Crippen LogP contribution in [0.15, 0.2) is 24.3 Å². The van der Waals surface area contributed by atoms with Crippen LogP contribution in [-0.4, -0.2) is 26.0 Å². The molecule has 1 aromatic carbocycles. The van der Waals surface area contributed by atoms with Crippen molar-refractivity contribution in [1.29, 1.82) is 0 Å². The number of benzene rings is 1. The van der Waals surface area contributed by atoms with E-state index in [-0.39, 0.29) is 5.78 Å². The predicted octanol–water partition coefficient (Wildman–Crippen LogP) is 2.22. The van der Waals surface area contributed by atoms with Crippen molar-refractivity contribution in [3.05, 3.63) is 29.8 Å². The molecule has 18 heavy (non-hydrogen) atoms. The Bertz CT molecular complexity index is 457. The van der Waals surface area contributed by atoms with E-state index in [9.17, 15) is 9.59 Å². The van der Waals surface area contributed by atoms with E-state index >= 15 is 0 Å². The van der Waals surface area contributed by atoms with Crippen LogP contribution in [-0.2, 0) is 9.53 Å². The third-order valence-corrected chi connectivity index (χ3v) is 3.57. The second-order valence-corrected chi connectivity index (χ2v) is 4.48. The van der Waals surface area contributed by atoms with E-state index in [1.54, 1.807) is 31.4 Å². The molecule has 4 nitrogen and oxygen atoms in total. The Morgan fingerprint density at radius 3 is 2.11 bits per heavy atom. The highest BCUT2D eigenvalue weighted by Gasteiger charge is 2.51. The van der Waals surface area contributed by atoms with Crippen molar-refractivity contribution in [2.45, 2.75) is 19.3 Å². The van der Waals surface area contributed by atoms with Gasteiger partial charge in [-0.25, -0.2) is 0 Å². The predicted molar refractivity (Wildman–Crippen MR) is 65.6 cm³/mol. The third kappa shape index (κ3) is 1.88. The molecule has 2 rings (SSSR count). The molecule has 1 aliphatic carbocycles. The second-order valence-electron chi connectivity index (χ2n) is 4.48. The number of ketones is 1. The number of Topliss-reactive ketones (excluding diaryl/α,β-unsaturated/α-hetero) is 1. The van der Waals surface area contributed by atoms with Gasteiger partial charge in [-0.2, -0.15) is 0 Å². The van der Waals surface area contributed by atoms with Gasteiger partial charge in [0.1, 0.15) is 11.2 Å². The SMILES string of the molecule is COC(=O)C1(C(=O)c2ccc(OC)cc2)CCC1. The fraction of sp³-hybridized carbons (Fsp3) is 0.429. The maximum atomic E-state index is 12.4. The fourth-order valence-corrected chi connectivity index (χ4v) is 2.27. The number of carbonyl (C=O) groups excluding carboxylic acids is 2. The minimum atomic E-state index is -0.955. The summed E-state index contributed by atoms with van der Waals surface area (Å²) in [4.78, 5) is 24.2. The number of hydrogen-bond acceptors (Lipinski definition) is 4. The summed E-state index contributed by atoms with van der Waals surface area (Å²) in [5, 5.41) is 0. The van der Waals surface area contributed by atoms with Crippen molar-refractivity contribution in [2.75, 3.05) is 14.2 Å². The highest BCUT2D eigenvalue weighted by Crippen LogP contribution is 2.44. The smallest absolute Gasteiger partial charge is 0.319 e. The summed E-state index contributed by atoms with van der Waals surface area (Å²) in [5.41, 5.74) is -0.426. The van der Waals surface area contributed by atoms with Crippen LogP contribution in [0.3, 0.4) is 0 Å². The molecule has 0 bridgehead atoms. The zero-order chi connectivity index (χ0) is 13.2. The summed E-state index contributed by atoms with van der Waals surface area (Å²) in [7, 11) is 2.89. The molecule has 1 saturated carbocycles. The van der Waals surface area contributed by atoms with Gasteiger partial charge >= 0.3 is 5.97 Å². The van der Waals surface area contributed by atoms with Gasteiger partial charge in [-0.1, -0.05) is 6.42 Å². The van der Waals surface area contributed by atoms with Gasteiger partial charge in [-0.15, -0.1) is 0 Å².